The summed E-state index contributed by atoms with van der Waals surface area (Å²) < 4.78 is 6.11. The number of hydrogen-bond acceptors (Lipinski definition) is 7. The number of hydrogen-bond donors (Lipinski definition) is 2. The van der Waals surface area contributed by atoms with Gasteiger partial charge in [-0.15, -0.1) is 11.3 Å². The van der Waals surface area contributed by atoms with Crippen LogP contribution in [0.3, 0.4) is 0 Å². The predicted octanol–water partition coefficient (Wildman–Crippen LogP) is 4.97. The lowest BCUT2D eigenvalue weighted by molar-refractivity contribution is -0.136. The number of carbonyl (C=O) groups excluding carboxylic acids is 3. The Morgan fingerprint density at radius 1 is 1.08 bits per heavy atom. The SMILES string of the molecule is N#Cc1c(NC(=O)C(=O)NN=Cc2cc(Br)ccc2OC(=O)C=Cc2ccccc2)sc2c1CCCC2. The molecule has 0 unspecified atom stereocenters. The van der Waals surface area contributed by atoms with Gasteiger partial charge < -0.3 is 10.1 Å². The second kappa shape index (κ2) is 12.3. The quantitative estimate of drug-likeness (QED) is 0.107. The van der Waals surface area contributed by atoms with Crippen LogP contribution in [0, 0.1) is 11.3 Å². The molecule has 2 amide bonds. The monoisotopic (exact) mass is 576 g/mol. The van der Waals surface area contributed by atoms with Crippen LogP contribution in [0.1, 0.15) is 40.0 Å². The Morgan fingerprint density at radius 3 is 2.65 bits per heavy atom. The lowest BCUT2D eigenvalue weighted by Crippen LogP contribution is -2.32. The van der Waals surface area contributed by atoms with Gasteiger partial charge in [0.15, 0.2) is 0 Å². The number of anilines is 1. The lowest BCUT2D eigenvalue weighted by atomic mass is 9.96. The van der Waals surface area contributed by atoms with E-state index in [0.717, 1.165) is 41.7 Å². The molecular weight excluding hydrogens is 556 g/mol. The average Bonchev–Trinajstić information content (AvgIpc) is 3.26. The molecule has 0 radical (unpaired) electrons. The molecule has 0 aliphatic heterocycles. The molecule has 2 N–H and O–H groups in total. The van der Waals surface area contributed by atoms with Gasteiger partial charge in [0.2, 0.25) is 0 Å². The van der Waals surface area contributed by atoms with Crippen LogP contribution in [0.4, 0.5) is 5.00 Å². The summed E-state index contributed by atoms with van der Waals surface area (Å²) in [4.78, 5) is 38.1. The summed E-state index contributed by atoms with van der Waals surface area (Å²) >= 11 is 4.68. The van der Waals surface area contributed by atoms with E-state index in [1.807, 2.05) is 30.3 Å². The number of nitriles is 1. The average molecular weight is 577 g/mol. The number of thiophene rings is 1. The molecule has 1 aliphatic rings. The molecule has 10 heteroatoms. The molecule has 1 heterocycles. The van der Waals surface area contributed by atoms with Crippen LogP contribution in [-0.2, 0) is 27.2 Å². The highest BCUT2D eigenvalue weighted by atomic mass is 79.9. The summed E-state index contributed by atoms with van der Waals surface area (Å²) in [6.07, 6.45) is 7.90. The largest absolute Gasteiger partial charge is 0.423 e. The van der Waals surface area contributed by atoms with Crippen molar-refractivity contribution < 1.29 is 19.1 Å². The van der Waals surface area contributed by atoms with Crippen molar-refractivity contribution in [1.82, 2.24) is 5.43 Å². The van der Waals surface area contributed by atoms with Gasteiger partial charge in [-0.2, -0.15) is 10.4 Å². The van der Waals surface area contributed by atoms with Crippen LogP contribution in [-0.4, -0.2) is 24.0 Å². The predicted molar refractivity (Wildman–Crippen MR) is 145 cm³/mol. The third-order valence-corrected chi connectivity index (χ3v) is 7.18. The lowest BCUT2D eigenvalue weighted by Gasteiger charge is -2.09. The third-order valence-electron chi connectivity index (χ3n) is 5.48. The summed E-state index contributed by atoms with van der Waals surface area (Å²) in [5.41, 5.74) is 4.80. The molecule has 186 valence electrons. The number of halogens is 1. The first kappa shape index (κ1) is 26.0. The Balaban J connectivity index is 1.39. The summed E-state index contributed by atoms with van der Waals surface area (Å²) in [5, 5.41) is 16.3. The molecule has 0 atom stereocenters. The number of esters is 1. The molecule has 0 bridgehead atoms. The van der Waals surface area contributed by atoms with E-state index in [1.54, 1.807) is 24.3 Å². The highest BCUT2D eigenvalue weighted by Crippen LogP contribution is 2.37. The molecule has 0 saturated carbocycles. The van der Waals surface area contributed by atoms with Gasteiger partial charge in [-0.1, -0.05) is 46.3 Å². The molecule has 4 rings (SSSR count). The van der Waals surface area contributed by atoms with Gasteiger partial charge in [0.1, 0.15) is 16.8 Å². The molecule has 3 aromatic rings. The van der Waals surface area contributed by atoms with Crippen LogP contribution in [0.2, 0.25) is 0 Å². The number of rotatable bonds is 6. The fraction of sp³-hybridized carbons (Fsp3) is 0.148. The normalized spacial score (nSPS) is 12.6. The van der Waals surface area contributed by atoms with Crippen molar-refractivity contribution in [3.8, 4) is 11.8 Å². The van der Waals surface area contributed by atoms with Crippen molar-refractivity contribution in [1.29, 1.82) is 5.26 Å². The van der Waals surface area contributed by atoms with Crippen molar-refractivity contribution in [3.05, 3.63) is 86.2 Å². The maximum atomic E-state index is 12.4. The van der Waals surface area contributed by atoms with Crippen LogP contribution in [0.25, 0.3) is 6.08 Å². The number of nitrogens with one attached hydrogen (secondary N) is 2. The molecule has 2 aromatic carbocycles. The molecule has 1 aromatic heterocycles. The second-order valence-electron chi connectivity index (χ2n) is 8.03. The van der Waals surface area contributed by atoms with Gasteiger partial charge in [0.25, 0.3) is 0 Å². The molecule has 1 aliphatic carbocycles. The number of nitrogens with zero attached hydrogens (tertiary/aromatic N) is 2. The molecular formula is C27H21BrN4O4S. The number of ether oxygens (including phenoxy) is 1. The fourth-order valence-corrected chi connectivity index (χ4v) is 5.34. The summed E-state index contributed by atoms with van der Waals surface area (Å²) in [6, 6.07) is 16.4. The number of amides is 2. The van der Waals surface area contributed by atoms with E-state index in [4.69, 9.17) is 4.74 Å². The minimum Gasteiger partial charge on any atom is -0.423 e. The van der Waals surface area contributed by atoms with E-state index >= 15 is 0 Å². The van der Waals surface area contributed by atoms with Gasteiger partial charge in [0.05, 0.1) is 11.8 Å². The summed E-state index contributed by atoms with van der Waals surface area (Å²) in [6.45, 7) is 0. The second-order valence-corrected chi connectivity index (χ2v) is 10.0. The molecule has 0 saturated heterocycles. The van der Waals surface area contributed by atoms with Gasteiger partial charge in [-0.3, -0.25) is 9.59 Å². The summed E-state index contributed by atoms with van der Waals surface area (Å²) in [5.74, 6) is -2.29. The van der Waals surface area contributed by atoms with Gasteiger partial charge in [-0.25, -0.2) is 10.2 Å². The maximum Gasteiger partial charge on any atom is 0.336 e. The van der Waals surface area contributed by atoms with Crippen LogP contribution < -0.4 is 15.5 Å². The molecule has 0 spiro atoms. The highest BCUT2D eigenvalue weighted by Gasteiger charge is 2.23. The first-order valence-corrected chi connectivity index (χ1v) is 13.0. The van der Waals surface area contributed by atoms with E-state index in [2.05, 4.69) is 37.8 Å². The number of fused-ring (bicyclic) bond motifs is 1. The van der Waals surface area contributed by atoms with Crippen molar-refractivity contribution in [2.45, 2.75) is 25.7 Å². The van der Waals surface area contributed by atoms with E-state index in [-0.39, 0.29) is 5.75 Å². The molecule has 37 heavy (non-hydrogen) atoms. The fourth-order valence-electron chi connectivity index (χ4n) is 3.73. The minimum absolute atomic E-state index is 0.219. The topological polar surface area (TPSA) is 121 Å². The Morgan fingerprint density at radius 2 is 1.86 bits per heavy atom. The zero-order valence-electron chi connectivity index (χ0n) is 19.5. The van der Waals surface area contributed by atoms with Crippen molar-refractivity contribution in [3.63, 3.8) is 0 Å². The Bertz CT molecular complexity index is 1440. The first-order chi connectivity index (χ1) is 17.9. The standard InChI is InChI=1S/C27H21BrN4O4S/c28-19-11-12-22(36-24(33)13-10-17-6-2-1-3-7-17)18(14-19)16-30-32-26(35)25(34)31-27-21(15-29)20-8-4-5-9-23(20)37-27/h1-3,6-7,10-14,16H,4-5,8-9H2,(H,31,34)(H,32,35). The highest BCUT2D eigenvalue weighted by molar-refractivity contribution is 9.10. The van der Waals surface area contributed by atoms with Crippen LogP contribution >= 0.6 is 27.3 Å². The third kappa shape index (κ3) is 6.78. The first-order valence-electron chi connectivity index (χ1n) is 11.4. The van der Waals surface area contributed by atoms with Crippen molar-refractivity contribution >= 4 is 62.3 Å². The van der Waals surface area contributed by atoms with E-state index in [1.165, 1.54) is 23.6 Å². The van der Waals surface area contributed by atoms with Crippen LogP contribution in [0.15, 0.2) is 64.2 Å². The molecule has 0 fully saturated rings. The van der Waals surface area contributed by atoms with E-state index in [0.29, 0.717) is 20.6 Å². The number of hydrazone groups is 1. The van der Waals surface area contributed by atoms with Gasteiger partial charge in [0, 0.05) is 21.0 Å². The minimum atomic E-state index is -0.995. The van der Waals surface area contributed by atoms with Gasteiger partial charge >= 0.3 is 17.8 Å². The smallest absolute Gasteiger partial charge is 0.336 e. The summed E-state index contributed by atoms with van der Waals surface area (Å²) in [7, 11) is 0. The zero-order valence-corrected chi connectivity index (χ0v) is 21.9. The van der Waals surface area contributed by atoms with Crippen molar-refractivity contribution in [2.75, 3.05) is 5.32 Å². The number of benzene rings is 2. The Kier molecular flexibility index (Phi) is 8.61. The van der Waals surface area contributed by atoms with Gasteiger partial charge in [-0.05, 0) is 61.1 Å². The number of aryl methyl sites for hydroxylation is 1. The van der Waals surface area contributed by atoms with E-state index in [9.17, 15) is 19.6 Å². The molecule has 8 nitrogen and oxygen atoms in total. The zero-order chi connectivity index (χ0) is 26.2. The van der Waals surface area contributed by atoms with Crippen molar-refractivity contribution in [2.24, 2.45) is 5.10 Å². The van der Waals surface area contributed by atoms with E-state index < -0.39 is 17.8 Å². The Labute approximate surface area is 225 Å². The van der Waals surface area contributed by atoms with Crippen LogP contribution in [0.5, 0.6) is 5.75 Å². The number of carbonyl (C=O) groups is 3. The maximum absolute atomic E-state index is 12.4. The Hall–Kier alpha value is -4.07.